The molecule has 1 aromatic rings. The molecule has 2 unspecified atom stereocenters. The van der Waals surface area contributed by atoms with Gasteiger partial charge in [-0.1, -0.05) is 56.5 Å². The van der Waals surface area contributed by atoms with Crippen molar-refractivity contribution in [3.8, 4) is 6.07 Å². The minimum atomic E-state index is -0.239. The molecular weight excluding hydrogens is 256 g/mol. The van der Waals surface area contributed by atoms with Crippen LogP contribution in [0.25, 0.3) is 0 Å². The van der Waals surface area contributed by atoms with E-state index in [2.05, 4.69) is 30.4 Å². The maximum atomic E-state index is 9.59. The highest BCUT2D eigenvalue weighted by molar-refractivity contribution is 5.36. The zero-order valence-corrected chi connectivity index (χ0v) is 13.0. The molecule has 0 heterocycles. The summed E-state index contributed by atoms with van der Waals surface area (Å²) >= 11 is 0. The van der Waals surface area contributed by atoms with Crippen molar-refractivity contribution in [3.63, 3.8) is 0 Å². The lowest BCUT2D eigenvalue weighted by Crippen LogP contribution is -2.52. The molecule has 2 atom stereocenters. The Labute approximate surface area is 128 Å². The van der Waals surface area contributed by atoms with Crippen LogP contribution in [0.5, 0.6) is 0 Å². The largest absolute Gasteiger partial charge is 0.314 e. The third-order valence-corrected chi connectivity index (χ3v) is 5.69. The van der Waals surface area contributed by atoms with Gasteiger partial charge in [0.1, 0.15) is 0 Å². The quantitative estimate of drug-likeness (QED) is 0.905. The molecule has 2 aliphatic carbocycles. The van der Waals surface area contributed by atoms with Gasteiger partial charge in [0.25, 0.3) is 0 Å². The molecule has 0 saturated heterocycles. The van der Waals surface area contributed by atoms with Crippen LogP contribution in [0.15, 0.2) is 30.3 Å². The molecule has 0 aromatic heterocycles. The second kappa shape index (κ2) is 6.20. The highest BCUT2D eigenvalue weighted by Crippen LogP contribution is 2.43. The van der Waals surface area contributed by atoms with Gasteiger partial charge in [0, 0.05) is 6.04 Å². The lowest BCUT2D eigenvalue weighted by atomic mass is 9.62. The molecule has 3 rings (SSSR count). The summed E-state index contributed by atoms with van der Waals surface area (Å²) < 4.78 is 0. The highest BCUT2D eigenvalue weighted by Gasteiger charge is 2.45. The minimum absolute atomic E-state index is 0.239. The van der Waals surface area contributed by atoms with Crippen molar-refractivity contribution in [3.05, 3.63) is 35.9 Å². The van der Waals surface area contributed by atoms with E-state index in [1.165, 1.54) is 31.2 Å². The Morgan fingerprint density at radius 3 is 2.57 bits per heavy atom. The SMILES string of the molecule is CC1CCCCC1CNC1CC(C#N)(c2ccccc2)C1. The van der Waals surface area contributed by atoms with E-state index in [0.717, 1.165) is 31.2 Å². The molecule has 0 bridgehead atoms. The molecule has 1 N–H and O–H groups in total. The molecule has 2 heteroatoms. The van der Waals surface area contributed by atoms with Crippen LogP contribution in [0.3, 0.4) is 0 Å². The standard InChI is InChI=1S/C19H26N2/c1-15-7-5-6-8-16(15)13-21-18-11-19(12-18,14-20)17-9-3-2-4-10-17/h2-4,9-10,15-16,18,21H,5-8,11-13H2,1H3. The second-order valence-electron chi connectivity index (χ2n) is 7.10. The van der Waals surface area contributed by atoms with Gasteiger partial charge in [0.15, 0.2) is 0 Å². The van der Waals surface area contributed by atoms with Crippen LogP contribution in [-0.2, 0) is 5.41 Å². The molecule has 2 nitrogen and oxygen atoms in total. The van der Waals surface area contributed by atoms with E-state index in [9.17, 15) is 5.26 Å². The molecule has 1 aromatic carbocycles. The van der Waals surface area contributed by atoms with Gasteiger partial charge in [-0.05, 0) is 43.2 Å². The Bertz CT molecular complexity index is 496. The van der Waals surface area contributed by atoms with Gasteiger partial charge in [-0.25, -0.2) is 0 Å². The highest BCUT2D eigenvalue weighted by atomic mass is 14.9. The molecule has 21 heavy (non-hydrogen) atoms. The topological polar surface area (TPSA) is 35.8 Å². The first-order valence-electron chi connectivity index (χ1n) is 8.44. The molecule has 0 spiro atoms. The minimum Gasteiger partial charge on any atom is -0.314 e. The van der Waals surface area contributed by atoms with Crippen molar-refractivity contribution in [1.29, 1.82) is 5.26 Å². The van der Waals surface area contributed by atoms with Gasteiger partial charge in [0.2, 0.25) is 0 Å². The van der Waals surface area contributed by atoms with Gasteiger partial charge >= 0.3 is 0 Å². The van der Waals surface area contributed by atoms with Crippen LogP contribution in [0.1, 0.15) is 51.0 Å². The summed E-state index contributed by atoms with van der Waals surface area (Å²) in [6.07, 6.45) is 7.51. The van der Waals surface area contributed by atoms with Crippen LogP contribution in [-0.4, -0.2) is 12.6 Å². The normalized spacial score (nSPS) is 35.7. The summed E-state index contributed by atoms with van der Waals surface area (Å²) in [6.45, 7) is 3.54. The summed E-state index contributed by atoms with van der Waals surface area (Å²) in [5, 5.41) is 13.3. The smallest absolute Gasteiger partial charge is 0.0852 e. The van der Waals surface area contributed by atoms with E-state index in [4.69, 9.17) is 0 Å². The fourth-order valence-electron chi connectivity index (χ4n) is 4.09. The Morgan fingerprint density at radius 2 is 1.90 bits per heavy atom. The van der Waals surface area contributed by atoms with E-state index < -0.39 is 0 Å². The van der Waals surface area contributed by atoms with Crippen LogP contribution in [0.4, 0.5) is 0 Å². The third kappa shape index (κ3) is 2.99. The molecule has 2 aliphatic rings. The number of nitriles is 1. The maximum Gasteiger partial charge on any atom is 0.0852 e. The number of rotatable bonds is 4. The number of nitrogens with one attached hydrogen (secondary N) is 1. The Morgan fingerprint density at radius 1 is 1.19 bits per heavy atom. The first kappa shape index (κ1) is 14.6. The second-order valence-corrected chi connectivity index (χ2v) is 7.10. The van der Waals surface area contributed by atoms with Crippen LogP contribution in [0, 0.1) is 23.2 Å². The van der Waals surface area contributed by atoms with E-state index in [1.54, 1.807) is 0 Å². The van der Waals surface area contributed by atoms with Crippen molar-refractivity contribution in [2.75, 3.05) is 6.54 Å². The number of hydrogen-bond donors (Lipinski definition) is 1. The van der Waals surface area contributed by atoms with E-state index in [1.807, 2.05) is 18.2 Å². The predicted octanol–water partition coefficient (Wildman–Crippen LogP) is 4.03. The molecule has 0 radical (unpaired) electrons. The Kier molecular flexibility index (Phi) is 4.31. The molecule has 112 valence electrons. The van der Waals surface area contributed by atoms with Gasteiger partial charge in [0.05, 0.1) is 11.5 Å². The zero-order valence-electron chi connectivity index (χ0n) is 13.0. The Hall–Kier alpha value is -1.33. The summed E-state index contributed by atoms with van der Waals surface area (Å²) in [5.74, 6) is 1.70. The van der Waals surface area contributed by atoms with E-state index in [-0.39, 0.29) is 5.41 Å². The van der Waals surface area contributed by atoms with E-state index >= 15 is 0 Å². The monoisotopic (exact) mass is 282 g/mol. The van der Waals surface area contributed by atoms with Crippen molar-refractivity contribution in [2.45, 2.75) is 56.9 Å². The molecule has 2 fully saturated rings. The predicted molar refractivity (Wildman–Crippen MR) is 85.9 cm³/mol. The summed E-state index contributed by atoms with van der Waals surface area (Å²) in [6, 6.07) is 13.4. The van der Waals surface area contributed by atoms with Crippen LogP contribution >= 0.6 is 0 Å². The van der Waals surface area contributed by atoms with Gasteiger partial charge in [-0.15, -0.1) is 0 Å². The van der Waals surface area contributed by atoms with Crippen LogP contribution in [0.2, 0.25) is 0 Å². The Balaban J connectivity index is 1.52. The third-order valence-electron chi connectivity index (χ3n) is 5.69. The number of nitrogens with zero attached hydrogens (tertiary/aromatic N) is 1. The van der Waals surface area contributed by atoms with Crippen molar-refractivity contribution < 1.29 is 0 Å². The summed E-state index contributed by atoms with van der Waals surface area (Å²) in [7, 11) is 0. The van der Waals surface area contributed by atoms with Crippen molar-refractivity contribution >= 4 is 0 Å². The average molecular weight is 282 g/mol. The van der Waals surface area contributed by atoms with Crippen molar-refractivity contribution in [2.24, 2.45) is 11.8 Å². The van der Waals surface area contributed by atoms with Gasteiger partial charge < -0.3 is 5.32 Å². The van der Waals surface area contributed by atoms with Gasteiger partial charge in [-0.2, -0.15) is 5.26 Å². The summed E-state index contributed by atoms with van der Waals surface area (Å²) in [4.78, 5) is 0. The fourth-order valence-corrected chi connectivity index (χ4v) is 4.09. The number of benzene rings is 1. The molecule has 0 amide bonds. The lowest BCUT2D eigenvalue weighted by Gasteiger charge is -2.44. The molecule has 0 aliphatic heterocycles. The van der Waals surface area contributed by atoms with Gasteiger partial charge in [-0.3, -0.25) is 0 Å². The maximum absolute atomic E-state index is 9.59. The van der Waals surface area contributed by atoms with Crippen molar-refractivity contribution in [1.82, 2.24) is 5.32 Å². The number of hydrogen-bond acceptors (Lipinski definition) is 2. The first-order chi connectivity index (χ1) is 10.2. The zero-order chi connectivity index (χ0) is 14.7. The molecule has 2 saturated carbocycles. The lowest BCUT2D eigenvalue weighted by molar-refractivity contribution is 0.187. The fraction of sp³-hybridized carbons (Fsp3) is 0.632. The summed E-state index contributed by atoms with van der Waals surface area (Å²) in [5.41, 5.74) is 0.952. The first-order valence-corrected chi connectivity index (χ1v) is 8.44. The van der Waals surface area contributed by atoms with E-state index in [0.29, 0.717) is 6.04 Å². The molecular formula is C19H26N2. The average Bonchev–Trinajstić information content (AvgIpc) is 2.49. The van der Waals surface area contributed by atoms with Crippen LogP contribution < -0.4 is 5.32 Å².